The van der Waals surface area contributed by atoms with Crippen LogP contribution in [0.3, 0.4) is 0 Å². The number of fused-ring (bicyclic) bond motifs is 1. The molecular formula is C15H16N2O2S. The Morgan fingerprint density at radius 2 is 1.95 bits per heavy atom. The topological polar surface area (TPSA) is 63.4 Å². The number of rotatable bonds is 2. The van der Waals surface area contributed by atoms with E-state index in [9.17, 15) is 9.59 Å². The second kappa shape index (κ2) is 4.66. The Hall–Kier alpha value is -1.75. The zero-order chi connectivity index (χ0) is 14.4. The smallest absolute Gasteiger partial charge is 0.261 e. The molecule has 5 heteroatoms. The van der Waals surface area contributed by atoms with Gasteiger partial charge in [0.05, 0.1) is 16.1 Å². The highest BCUT2D eigenvalue weighted by Crippen LogP contribution is 2.35. The average molecular weight is 288 g/mol. The normalized spacial score (nSPS) is 25.1. The van der Waals surface area contributed by atoms with E-state index in [4.69, 9.17) is 18.0 Å². The first kappa shape index (κ1) is 13.2. The third-order valence-corrected chi connectivity index (χ3v) is 4.55. The number of hydrogen-bond donors (Lipinski definition) is 1. The lowest BCUT2D eigenvalue weighted by atomic mass is 10.0. The fourth-order valence-corrected chi connectivity index (χ4v) is 3.53. The van der Waals surface area contributed by atoms with E-state index in [0.29, 0.717) is 16.1 Å². The summed E-state index contributed by atoms with van der Waals surface area (Å²) in [6.07, 6.45) is 2.58. The van der Waals surface area contributed by atoms with Crippen LogP contribution in [0, 0.1) is 12.8 Å². The molecule has 0 saturated heterocycles. The van der Waals surface area contributed by atoms with Crippen LogP contribution >= 0.6 is 12.2 Å². The minimum Gasteiger partial charge on any atom is -0.393 e. The molecule has 0 spiro atoms. The number of carbonyl (C=O) groups is 2. The number of aryl methyl sites for hydroxylation is 1. The van der Waals surface area contributed by atoms with Gasteiger partial charge in [0, 0.05) is 12.0 Å². The fraction of sp³-hybridized carbons (Fsp3) is 0.400. The van der Waals surface area contributed by atoms with E-state index in [1.54, 1.807) is 12.1 Å². The minimum atomic E-state index is -0.210. The maximum Gasteiger partial charge on any atom is 0.261 e. The number of amides is 2. The summed E-state index contributed by atoms with van der Waals surface area (Å²) in [7, 11) is 0. The summed E-state index contributed by atoms with van der Waals surface area (Å²) in [5, 5.41) is 0. The number of carbonyl (C=O) groups excluding carboxylic acids is 2. The van der Waals surface area contributed by atoms with E-state index >= 15 is 0 Å². The van der Waals surface area contributed by atoms with Crippen molar-refractivity contribution < 1.29 is 9.59 Å². The number of imide groups is 1. The van der Waals surface area contributed by atoms with Crippen molar-refractivity contribution >= 4 is 29.0 Å². The summed E-state index contributed by atoms with van der Waals surface area (Å²) in [5.74, 6) is -0.465. The Kier molecular flexibility index (Phi) is 3.09. The van der Waals surface area contributed by atoms with Gasteiger partial charge in [0.2, 0.25) is 0 Å². The van der Waals surface area contributed by atoms with Crippen molar-refractivity contribution in [3.8, 4) is 0 Å². The molecule has 1 fully saturated rings. The first-order chi connectivity index (χ1) is 9.50. The Bertz CT molecular complexity index is 626. The minimum absolute atomic E-state index is 0.0479. The average Bonchev–Trinajstić information content (AvgIpc) is 2.95. The lowest BCUT2D eigenvalue weighted by Gasteiger charge is -2.27. The lowest BCUT2D eigenvalue weighted by Crippen LogP contribution is -2.45. The predicted octanol–water partition coefficient (Wildman–Crippen LogP) is 2.05. The standard InChI is InChI=1S/C15H16N2O2S/c1-8-5-6-9-11(7-8)15(19)17(14(9)18)12-4-2-3-10(12)13(16)20/h5-7,10,12H,2-4H2,1H3,(H2,16,20). The third-order valence-electron chi connectivity index (χ3n) is 4.25. The van der Waals surface area contributed by atoms with Gasteiger partial charge in [0.15, 0.2) is 0 Å². The van der Waals surface area contributed by atoms with E-state index in [0.717, 1.165) is 24.8 Å². The van der Waals surface area contributed by atoms with Gasteiger partial charge >= 0.3 is 0 Å². The van der Waals surface area contributed by atoms with Crippen LogP contribution in [0.15, 0.2) is 18.2 Å². The summed E-state index contributed by atoms with van der Waals surface area (Å²) in [6.45, 7) is 1.91. The van der Waals surface area contributed by atoms with Crippen LogP contribution in [0.4, 0.5) is 0 Å². The van der Waals surface area contributed by atoms with Crippen molar-refractivity contribution in [2.45, 2.75) is 32.2 Å². The molecule has 2 N–H and O–H groups in total. The molecular weight excluding hydrogens is 272 g/mol. The van der Waals surface area contributed by atoms with Crippen LogP contribution in [-0.4, -0.2) is 27.7 Å². The van der Waals surface area contributed by atoms with Crippen molar-refractivity contribution in [3.63, 3.8) is 0 Å². The highest BCUT2D eigenvalue weighted by molar-refractivity contribution is 7.80. The molecule has 1 aromatic carbocycles. The van der Waals surface area contributed by atoms with Gasteiger partial charge in [-0.15, -0.1) is 0 Å². The fourth-order valence-electron chi connectivity index (χ4n) is 3.26. The van der Waals surface area contributed by atoms with Gasteiger partial charge in [-0.2, -0.15) is 0 Å². The van der Waals surface area contributed by atoms with Crippen LogP contribution in [0.25, 0.3) is 0 Å². The summed E-state index contributed by atoms with van der Waals surface area (Å²) < 4.78 is 0. The van der Waals surface area contributed by atoms with Crippen LogP contribution in [0.2, 0.25) is 0 Å². The summed E-state index contributed by atoms with van der Waals surface area (Å²) in [5.41, 5.74) is 7.73. The number of benzene rings is 1. The Balaban J connectivity index is 1.99. The molecule has 1 heterocycles. The van der Waals surface area contributed by atoms with E-state index in [-0.39, 0.29) is 23.8 Å². The summed E-state index contributed by atoms with van der Waals surface area (Å²) in [6, 6.07) is 5.18. The van der Waals surface area contributed by atoms with E-state index < -0.39 is 0 Å². The third kappa shape index (κ3) is 1.85. The molecule has 2 aliphatic rings. The van der Waals surface area contributed by atoms with E-state index in [1.807, 2.05) is 13.0 Å². The van der Waals surface area contributed by atoms with E-state index in [1.165, 1.54) is 4.90 Å². The van der Waals surface area contributed by atoms with Gasteiger partial charge in [-0.1, -0.05) is 30.3 Å². The largest absolute Gasteiger partial charge is 0.393 e. The van der Waals surface area contributed by atoms with E-state index in [2.05, 4.69) is 0 Å². The number of hydrogen-bond acceptors (Lipinski definition) is 3. The number of nitrogens with two attached hydrogens (primary N) is 1. The molecule has 1 aliphatic heterocycles. The highest BCUT2D eigenvalue weighted by atomic mass is 32.1. The maximum absolute atomic E-state index is 12.5. The molecule has 3 rings (SSSR count). The van der Waals surface area contributed by atoms with Gasteiger partial charge in [0.1, 0.15) is 0 Å². The second-order valence-corrected chi connectivity index (χ2v) is 6.01. The Morgan fingerprint density at radius 1 is 1.25 bits per heavy atom. The number of nitrogens with zero attached hydrogens (tertiary/aromatic N) is 1. The molecule has 4 nitrogen and oxygen atoms in total. The van der Waals surface area contributed by atoms with Gasteiger partial charge in [0.25, 0.3) is 11.8 Å². The lowest BCUT2D eigenvalue weighted by molar-refractivity contribution is 0.0571. The zero-order valence-corrected chi connectivity index (χ0v) is 12.1. The highest BCUT2D eigenvalue weighted by Gasteiger charge is 2.45. The summed E-state index contributed by atoms with van der Waals surface area (Å²) >= 11 is 5.08. The molecule has 2 amide bonds. The molecule has 0 aromatic heterocycles. The van der Waals surface area contributed by atoms with Crippen LogP contribution < -0.4 is 5.73 Å². The van der Waals surface area contributed by atoms with Gasteiger partial charge in [-0.25, -0.2) is 0 Å². The predicted molar refractivity (Wildman–Crippen MR) is 79.6 cm³/mol. The van der Waals surface area contributed by atoms with Crippen molar-refractivity contribution in [2.75, 3.05) is 0 Å². The molecule has 0 bridgehead atoms. The molecule has 1 aromatic rings. The van der Waals surface area contributed by atoms with Gasteiger partial charge < -0.3 is 5.73 Å². The molecule has 104 valence electrons. The van der Waals surface area contributed by atoms with Crippen LogP contribution in [0.5, 0.6) is 0 Å². The zero-order valence-electron chi connectivity index (χ0n) is 11.3. The molecule has 2 atom stereocenters. The monoisotopic (exact) mass is 288 g/mol. The molecule has 20 heavy (non-hydrogen) atoms. The van der Waals surface area contributed by atoms with Crippen molar-refractivity contribution in [2.24, 2.45) is 11.7 Å². The first-order valence-electron chi connectivity index (χ1n) is 6.78. The molecule has 2 unspecified atom stereocenters. The summed E-state index contributed by atoms with van der Waals surface area (Å²) in [4.78, 5) is 26.8. The van der Waals surface area contributed by atoms with Gasteiger partial charge in [-0.05, 0) is 31.9 Å². The van der Waals surface area contributed by atoms with Crippen molar-refractivity contribution in [1.82, 2.24) is 4.90 Å². The molecule has 1 aliphatic carbocycles. The maximum atomic E-state index is 12.5. The van der Waals surface area contributed by atoms with Crippen LogP contribution in [-0.2, 0) is 0 Å². The van der Waals surface area contributed by atoms with Crippen LogP contribution in [0.1, 0.15) is 45.5 Å². The SMILES string of the molecule is Cc1ccc2c(c1)C(=O)N(C1CCCC1C(N)=S)C2=O. The first-order valence-corrected chi connectivity index (χ1v) is 7.19. The Labute approximate surface area is 122 Å². The molecule has 1 saturated carbocycles. The Morgan fingerprint density at radius 3 is 2.65 bits per heavy atom. The quantitative estimate of drug-likeness (QED) is 0.668. The van der Waals surface area contributed by atoms with Crippen molar-refractivity contribution in [3.05, 3.63) is 34.9 Å². The number of thiocarbonyl (C=S) groups is 1. The molecule has 0 radical (unpaired) electrons. The van der Waals surface area contributed by atoms with Gasteiger partial charge in [-0.3, -0.25) is 14.5 Å². The van der Waals surface area contributed by atoms with Crippen molar-refractivity contribution in [1.29, 1.82) is 0 Å². The second-order valence-electron chi connectivity index (χ2n) is 5.54.